The molecule has 0 bridgehead atoms. The lowest BCUT2D eigenvalue weighted by Crippen LogP contribution is -2.32. The number of aryl methyl sites for hydroxylation is 2. The van der Waals surface area contributed by atoms with Gasteiger partial charge in [-0.2, -0.15) is 5.10 Å². The summed E-state index contributed by atoms with van der Waals surface area (Å²) in [6.45, 7) is 5.43. The number of halogens is 1. The zero-order chi connectivity index (χ0) is 13.1. The van der Waals surface area contributed by atoms with Crippen molar-refractivity contribution in [2.75, 3.05) is 0 Å². The van der Waals surface area contributed by atoms with Crippen molar-refractivity contribution < 1.29 is 0 Å². The molecule has 1 aliphatic rings. The molecular weight excluding hydrogens is 290 g/mol. The minimum atomic E-state index is 0.688. The van der Waals surface area contributed by atoms with Gasteiger partial charge in [0, 0.05) is 19.6 Å². The lowest BCUT2D eigenvalue weighted by atomic mass is 9.87. The number of rotatable bonds is 4. The highest BCUT2D eigenvalue weighted by Gasteiger charge is 2.19. The van der Waals surface area contributed by atoms with Crippen molar-refractivity contribution in [2.24, 2.45) is 13.0 Å². The van der Waals surface area contributed by atoms with Crippen molar-refractivity contribution in [3.8, 4) is 0 Å². The molecule has 3 nitrogen and oxygen atoms in total. The molecular formula is C14H24BrN3. The highest BCUT2D eigenvalue weighted by atomic mass is 79.9. The third-order valence-corrected chi connectivity index (χ3v) is 4.99. The van der Waals surface area contributed by atoms with E-state index in [0.717, 1.165) is 24.6 Å². The molecule has 1 saturated carbocycles. The fourth-order valence-corrected chi connectivity index (χ4v) is 3.47. The van der Waals surface area contributed by atoms with Gasteiger partial charge in [0.05, 0.1) is 15.9 Å². The van der Waals surface area contributed by atoms with E-state index in [1.54, 1.807) is 0 Å². The molecule has 1 fully saturated rings. The summed E-state index contributed by atoms with van der Waals surface area (Å²) in [4.78, 5) is 0. The second kappa shape index (κ2) is 6.20. The summed E-state index contributed by atoms with van der Waals surface area (Å²) in [5.41, 5.74) is 2.43. The van der Waals surface area contributed by atoms with E-state index in [9.17, 15) is 0 Å². The number of aromatic nitrogens is 2. The Morgan fingerprint density at radius 2 is 2.00 bits per heavy atom. The maximum Gasteiger partial charge on any atom is 0.0767 e. The molecule has 18 heavy (non-hydrogen) atoms. The first-order valence-corrected chi connectivity index (χ1v) is 7.84. The minimum Gasteiger partial charge on any atom is -0.308 e. The maximum atomic E-state index is 4.53. The van der Waals surface area contributed by atoms with Crippen LogP contribution in [0.25, 0.3) is 0 Å². The van der Waals surface area contributed by atoms with Gasteiger partial charge >= 0.3 is 0 Å². The van der Waals surface area contributed by atoms with E-state index >= 15 is 0 Å². The highest BCUT2D eigenvalue weighted by molar-refractivity contribution is 9.10. The summed E-state index contributed by atoms with van der Waals surface area (Å²) in [5, 5.41) is 8.22. The number of hydrogen-bond acceptors (Lipinski definition) is 2. The molecule has 1 N–H and O–H groups in total. The Balaban J connectivity index is 1.92. The molecule has 1 heterocycles. The average Bonchev–Trinajstić information content (AvgIpc) is 2.64. The van der Waals surface area contributed by atoms with Gasteiger partial charge in [-0.25, -0.2) is 0 Å². The number of nitrogens with zero attached hydrogens (tertiary/aromatic N) is 2. The summed E-state index contributed by atoms with van der Waals surface area (Å²) < 4.78 is 3.19. The van der Waals surface area contributed by atoms with Crippen LogP contribution in [0.15, 0.2) is 4.47 Å². The lowest BCUT2D eigenvalue weighted by Gasteiger charge is -2.27. The second-order valence-corrected chi connectivity index (χ2v) is 6.32. The number of nitrogens with one attached hydrogen (secondary N) is 1. The van der Waals surface area contributed by atoms with Crippen molar-refractivity contribution in [3.63, 3.8) is 0 Å². The second-order valence-electron chi connectivity index (χ2n) is 5.52. The first kappa shape index (κ1) is 14.1. The van der Waals surface area contributed by atoms with E-state index in [0.29, 0.717) is 6.04 Å². The zero-order valence-electron chi connectivity index (χ0n) is 11.7. The summed E-state index contributed by atoms with van der Waals surface area (Å²) in [6, 6.07) is 0.688. The van der Waals surface area contributed by atoms with Crippen molar-refractivity contribution >= 4 is 15.9 Å². The summed E-state index contributed by atoms with van der Waals surface area (Å²) in [5.74, 6) is 0.915. The van der Waals surface area contributed by atoms with Gasteiger partial charge in [-0.15, -0.1) is 0 Å². The van der Waals surface area contributed by atoms with Crippen LogP contribution >= 0.6 is 15.9 Å². The molecule has 1 aromatic heterocycles. The van der Waals surface area contributed by atoms with Crippen LogP contribution in [0.3, 0.4) is 0 Å². The lowest BCUT2D eigenvalue weighted by molar-refractivity contribution is 0.304. The van der Waals surface area contributed by atoms with Gasteiger partial charge in [0.15, 0.2) is 0 Å². The fraction of sp³-hybridized carbons (Fsp3) is 0.786. The molecule has 0 aromatic carbocycles. The van der Waals surface area contributed by atoms with Gasteiger partial charge in [-0.05, 0) is 54.0 Å². The molecule has 0 atom stereocenters. The zero-order valence-corrected chi connectivity index (χ0v) is 13.3. The summed E-state index contributed by atoms with van der Waals surface area (Å²) in [7, 11) is 2.03. The normalized spacial score (nSPS) is 24.4. The molecule has 0 spiro atoms. The van der Waals surface area contributed by atoms with Gasteiger partial charge in [0.25, 0.3) is 0 Å². The average molecular weight is 314 g/mol. The van der Waals surface area contributed by atoms with Gasteiger partial charge < -0.3 is 5.32 Å². The molecule has 2 rings (SSSR count). The van der Waals surface area contributed by atoms with Crippen LogP contribution in [0, 0.1) is 5.92 Å². The SMILES string of the molecule is CCc1nn(C)c(CNC2CCC(C)CC2)c1Br. The Morgan fingerprint density at radius 3 is 2.56 bits per heavy atom. The van der Waals surface area contributed by atoms with E-state index in [-0.39, 0.29) is 0 Å². The topological polar surface area (TPSA) is 29.9 Å². The van der Waals surface area contributed by atoms with Crippen LogP contribution in [0.2, 0.25) is 0 Å². The largest absolute Gasteiger partial charge is 0.308 e. The first-order chi connectivity index (χ1) is 8.61. The third kappa shape index (κ3) is 3.15. The van der Waals surface area contributed by atoms with Gasteiger partial charge in [0.2, 0.25) is 0 Å². The van der Waals surface area contributed by atoms with Crippen LogP contribution in [-0.2, 0) is 20.0 Å². The number of hydrogen-bond donors (Lipinski definition) is 1. The van der Waals surface area contributed by atoms with Crippen molar-refractivity contribution in [3.05, 3.63) is 15.9 Å². The monoisotopic (exact) mass is 313 g/mol. The minimum absolute atomic E-state index is 0.688. The highest BCUT2D eigenvalue weighted by Crippen LogP contribution is 2.25. The molecule has 1 aliphatic carbocycles. The van der Waals surface area contributed by atoms with E-state index in [4.69, 9.17) is 0 Å². The quantitative estimate of drug-likeness (QED) is 0.923. The van der Waals surface area contributed by atoms with Crippen LogP contribution in [0.1, 0.15) is 50.9 Å². The third-order valence-electron chi connectivity index (χ3n) is 4.08. The Bertz CT molecular complexity index is 392. The Hall–Kier alpha value is -0.350. The van der Waals surface area contributed by atoms with E-state index in [1.165, 1.54) is 35.8 Å². The standard InChI is InChI=1S/C14H24BrN3/c1-4-12-14(15)13(18(3)17-12)9-16-11-7-5-10(2)6-8-11/h10-11,16H,4-9H2,1-3H3. The summed E-state index contributed by atoms with van der Waals surface area (Å²) >= 11 is 3.67. The predicted octanol–water partition coefficient (Wildman–Crippen LogP) is 3.41. The molecule has 0 aliphatic heterocycles. The first-order valence-electron chi connectivity index (χ1n) is 7.05. The molecule has 102 valence electrons. The van der Waals surface area contributed by atoms with Gasteiger partial charge in [-0.1, -0.05) is 13.8 Å². The van der Waals surface area contributed by atoms with Crippen molar-refractivity contribution in [1.82, 2.24) is 15.1 Å². The van der Waals surface area contributed by atoms with Gasteiger partial charge in [0.1, 0.15) is 0 Å². The Morgan fingerprint density at radius 1 is 1.33 bits per heavy atom. The van der Waals surface area contributed by atoms with Crippen LogP contribution in [0.4, 0.5) is 0 Å². The van der Waals surface area contributed by atoms with Crippen molar-refractivity contribution in [1.29, 1.82) is 0 Å². The molecule has 4 heteroatoms. The molecule has 1 aromatic rings. The van der Waals surface area contributed by atoms with Gasteiger partial charge in [-0.3, -0.25) is 4.68 Å². The molecule has 0 radical (unpaired) electrons. The smallest absolute Gasteiger partial charge is 0.0767 e. The van der Waals surface area contributed by atoms with E-state index < -0.39 is 0 Å². The Kier molecular flexibility index (Phi) is 4.84. The van der Waals surface area contributed by atoms with E-state index in [1.807, 2.05) is 11.7 Å². The van der Waals surface area contributed by atoms with Crippen LogP contribution in [0.5, 0.6) is 0 Å². The molecule has 0 amide bonds. The summed E-state index contributed by atoms with van der Waals surface area (Å²) in [6.07, 6.45) is 6.35. The molecule has 0 unspecified atom stereocenters. The fourth-order valence-electron chi connectivity index (χ4n) is 2.72. The maximum absolute atomic E-state index is 4.53. The Labute approximate surface area is 118 Å². The van der Waals surface area contributed by atoms with Crippen LogP contribution in [-0.4, -0.2) is 15.8 Å². The molecule has 0 saturated heterocycles. The van der Waals surface area contributed by atoms with Crippen LogP contribution < -0.4 is 5.32 Å². The van der Waals surface area contributed by atoms with E-state index in [2.05, 4.69) is 40.2 Å². The predicted molar refractivity (Wildman–Crippen MR) is 78.5 cm³/mol. The van der Waals surface area contributed by atoms with Crippen molar-refractivity contribution in [2.45, 2.75) is 58.5 Å².